The van der Waals surface area contributed by atoms with Crippen molar-refractivity contribution in [3.05, 3.63) is 29.8 Å². The van der Waals surface area contributed by atoms with Crippen LogP contribution in [-0.4, -0.2) is 58.1 Å². The molecule has 0 aliphatic carbocycles. The van der Waals surface area contributed by atoms with E-state index >= 15 is 0 Å². The fraction of sp³-hybridized carbons (Fsp3) is 0.667. The van der Waals surface area contributed by atoms with Gasteiger partial charge in [-0.05, 0) is 51.2 Å². The highest BCUT2D eigenvalue weighted by molar-refractivity contribution is 5.79. The molecule has 1 unspecified atom stereocenters. The third kappa shape index (κ3) is 8.63. The van der Waals surface area contributed by atoms with Crippen molar-refractivity contribution >= 4 is 5.96 Å². The molecule has 1 heterocycles. The number of rotatable bonds is 12. The van der Waals surface area contributed by atoms with E-state index < -0.39 is 0 Å². The lowest BCUT2D eigenvalue weighted by Crippen LogP contribution is -2.38. The Hall–Kier alpha value is -1.79. The van der Waals surface area contributed by atoms with Crippen LogP contribution in [0.1, 0.15) is 38.7 Å². The van der Waals surface area contributed by atoms with Gasteiger partial charge in [-0.15, -0.1) is 0 Å². The van der Waals surface area contributed by atoms with Crippen LogP contribution in [0.25, 0.3) is 0 Å². The quantitative estimate of drug-likeness (QED) is 0.333. The summed E-state index contributed by atoms with van der Waals surface area (Å²) in [6.45, 7) is 9.49. The molecule has 6 heteroatoms. The highest BCUT2D eigenvalue weighted by atomic mass is 16.5. The number of ether oxygens (including phenoxy) is 3. The highest BCUT2D eigenvalue weighted by Gasteiger charge is 2.14. The van der Waals surface area contributed by atoms with Crippen LogP contribution in [-0.2, 0) is 15.9 Å². The number of nitrogens with zero attached hydrogens (tertiary/aromatic N) is 1. The number of benzene rings is 1. The Balaban J connectivity index is 1.65. The Labute approximate surface area is 163 Å². The summed E-state index contributed by atoms with van der Waals surface area (Å²) in [6, 6.07) is 8.19. The molecule has 0 aromatic heterocycles. The van der Waals surface area contributed by atoms with Gasteiger partial charge in [-0.1, -0.05) is 18.2 Å². The van der Waals surface area contributed by atoms with Crippen molar-refractivity contribution in [1.82, 2.24) is 10.6 Å². The summed E-state index contributed by atoms with van der Waals surface area (Å²) in [6.07, 6.45) is 4.39. The van der Waals surface area contributed by atoms with Gasteiger partial charge in [0.25, 0.3) is 0 Å². The van der Waals surface area contributed by atoms with E-state index in [4.69, 9.17) is 14.2 Å². The topological polar surface area (TPSA) is 64.1 Å². The Morgan fingerprint density at radius 2 is 2.15 bits per heavy atom. The van der Waals surface area contributed by atoms with Gasteiger partial charge < -0.3 is 24.8 Å². The maximum atomic E-state index is 5.69. The SMILES string of the molecule is CCNC(=NCCCOCC1CCCO1)NCCc1ccccc1OCC. The largest absolute Gasteiger partial charge is 0.494 e. The van der Waals surface area contributed by atoms with Gasteiger partial charge in [-0.2, -0.15) is 0 Å². The van der Waals surface area contributed by atoms with Crippen molar-refractivity contribution in [1.29, 1.82) is 0 Å². The molecule has 1 aliphatic rings. The van der Waals surface area contributed by atoms with E-state index in [2.05, 4.69) is 28.6 Å². The van der Waals surface area contributed by atoms with Crippen molar-refractivity contribution < 1.29 is 14.2 Å². The molecule has 1 fully saturated rings. The van der Waals surface area contributed by atoms with E-state index in [9.17, 15) is 0 Å². The molecule has 152 valence electrons. The monoisotopic (exact) mass is 377 g/mol. The van der Waals surface area contributed by atoms with Crippen LogP contribution in [0, 0.1) is 0 Å². The second-order valence-corrected chi connectivity index (χ2v) is 6.54. The lowest BCUT2D eigenvalue weighted by molar-refractivity contribution is 0.0171. The maximum Gasteiger partial charge on any atom is 0.191 e. The van der Waals surface area contributed by atoms with E-state index in [0.29, 0.717) is 19.3 Å². The number of hydrogen-bond acceptors (Lipinski definition) is 4. The number of hydrogen-bond donors (Lipinski definition) is 2. The molecule has 27 heavy (non-hydrogen) atoms. The summed E-state index contributed by atoms with van der Waals surface area (Å²) >= 11 is 0. The minimum atomic E-state index is 0.298. The molecular formula is C21H35N3O3. The van der Waals surface area contributed by atoms with Gasteiger partial charge in [0, 0.05) is 32.8 Å². The summed E-state index contributed by atoms with van der Waals surface area (Å²) in [5.41, 5.74) is 1.21. The van der Waals surface area contributed by atoms with Crippen LogP contribution in [0.15, 0.2) is 29.3 Å². The Morgan fingerprint density at radius 1 is 1.26 bits per heavy atom. The fourth-order valence-corrected chi connectivity index (χ4v) is 3.01. The lowest BCUT2D eigenvalue weighted by atomic mass is 10.1. The normalized spacial score (nSPS) is 17.1. The van der Waals surface area contributed by atoms with Gasteiger partial charge in [0.1, 0.15) is 5.75 Å². The summed E-state index contributed by atoms with van der Waals surface area (Å²) in [5.74, 6) is 1.82. The highest BCUT2D eigenvalue weighted by Crippen LogP contribution is 2.18. The van der Waals surface area contributed by atoms with Gasteiger partial charge in [-0.25, -0.2) is 0 Å². The number of nitrogens with one attached hydrogen (secondary N) is 2. The molecule has 2 N–H and O–H groups in total. The molecule has 1 atom stereocenters. The molecule has 0 radical (unpaired) electrons. The van der Waals surface area contributed by atoms with E-state index in [1.807, 2.05) is 25.1 Å². The Kier molecular flexibility index (Phi) is 10.7. The van der Waals surface area contributed by atoms with Gasteiger partial charge in [0.05, 0.1) is 19.3 Å². The van der Waals surface area contributed by atoms with E-state index in [-0.39, 0.29) is 0 Å². The van der Waals surface area contributed by atoms with Crippen LogP contribution in [0.3, 0.4) is 0 Å². The zero-order valence-electron chi connectivity index (χ0n) is 16.8. The number of aliphatic imine (C=N–C) groups is 1. The predicted octanol–water partition coefficient (Wildman–Crippen LogP) is 2.77. The van der Waals surface area contributed by atoms with Crippen LogP contribution < -0.4 is 15.4 Å². The zero-order chi connectivity index (χ0) is 19.2. The number of para-hydroxylation sites is 1. The average Bonchev–Trinajstić information content (AvgIpc) is 3.19. The van der Waals surface area contributed by atoms with Crippen LogP contribution in [0.4, 0.5) is 0 Å². The summed E-state index contributed by atoms with van der Waals surface area (Å²) in [5, 5.41) is 6.69. The Morgan fingerprint density at radius 3 is 2.93 bits per heavy atom. The van der Waals surface area contributed by atoms with Crippen molar-refractivity contribution in [2.45, 2.75) is 45.6 Å². The summed E-state index contributed by atoms with van der Waals surface area (Å²) in [7, 11) is 0. The second kappa shape index (κ2) is 13.4. The van der Waals surface area contributed by atoms with E-state index in [1.165, 1.54) is 5.56 Å². The zero-order valence-corrected chi connectivity index (χ0v) is 16.8. The molecule has 1 aromatic rings. The molecule has 1 aliphatic heterocycles. The first kappa shape index (κ1) is 21.5. The number of guanidine groups is 1. The van der Waals surface area contributed by atoms with Gasteiger partial charge in [0.15, 0.2) is 5.96 Å². The predicted molar refractivity (Wildman–Crippen MR) is 110 cm³/mol. The third-order valence-corrected chi connectivity index (χ3v) is 4.35. The van der Waals surface area contributed by atoms with E-state index in [0.717, 1.165) is 70.2 Å². The van der Waals surface area contributed by atoms with Crippen LogP contribution >= 0.6 is 0 Å². The molecule has 0 bridgehead atoms. The Bertz CT molecular complexity index is 545. The minimum absolute atomic E-state index is 0.298. The molecule has 2 rings (SSSR count). The molecule has 1 saturated heterocycles. The first-order chi connectivity index (χ1) is 13.3. The molecule has 6 nitrogen and oxygen atoms in total. The van der Waals surface area contributed by atoms with Gasteiger partial charge in [-0.3, -0.25) is 4.99 Å². The van der Waals surface area contributed by atoms with Crippen molar-refractivity contribution in [2.75, 3.05) is 46.1 Å². The van der Waals surface area contributed by atoms with Gasteiger partial charge >= 0.3 is 0 Å². The third-order valence-electron chi connectivity index (χ3n) is 4.35. The molecular weight excluding hydrogens is 342 g/mol. The van der Waals surface area contributed by atoms with Crippen molar-refractivity contribution in [2.24, 2.45) is 4.99 Å². The average molecular weight is 378 g/mol. The molecule has 0 amide bonds. The molecule has 0 spiro atoms. The standard InChI is InChI=1S/C21H35N3O3/c1-3-22-21(23-13-8-15-25-17-19-10-7-16-27-19)24-14-12-18-9-5-6-11-20(18)26-4-2/h5-6,9,11,19H,3-4,7-8,10,12-17H2,1-2H3,(H2,22,23,24). The molecule has 1 aromatic carbocycles. The van der Waals surface area contributed by atoms with E-state index in [1.54, 1.807) is 0 Å². The maximum absolute atomic E-state index is 5.69. The minimum Gasteiger partial charge on any atom is -0.494 e. The van der Waals surface area contributed by atoms with Crippen molar-refractivity contribution in [3.8, 4) is 5.75 Å². The smallest absolute Gasteiger partial charge is 0.191 e. The van der Waals surface area contributed by atoms with Crippen molar-refractivity contribution in [3.63, 3.8) is 0 Å². The van der Waals surface area contributed by atoms with Crippen LogP contribution in [0.2, 0.25) is 0 Å². The second-order valence-electron chi connectivity index (χ2n) is 6.54. The first-order valence-electron chi connectivity index (χ1n) is 10.3. The first-order valence-corrected chi connectivity index (χ1v) is 10.3. The summed E-state index contributed by atoms with van der Waals surface area (Å²) in [4.78, 5) is 4.62. The van der Waals surface area contributed by atoms with Crippen LogP contribution in [0.5, 0.6) is 5.75 Å². The fourth-order valence-electron chi connectivity index (χ4n) is 3.01. The summed E-state index contributed by atoms with van der Waals surface area (Å²) < 4.78 is 16.9. The van der Waals surface area contributed by atoms with Gasteiger partial charge in [0.2, 0.25) is 0 Å². The molecule has 0 saturated carbocycles. The lowest BCUT2D eigenvalue weighted by Gasteiger charge is -2.13.